The zero-order valence-corrected chi connectivity index (χ0v) is 9.71. The maximum Gasteiger partial charge on any atom is 0.413 e. The number of nitrogens with one attached hydrogen (secondary N) is 1. The van der Waals surface area contributed by atoms with E-state index in [1.807, 2.05) is 0 Å². The average Bonchev–Trinajstić information content (AvgIpc) is 2.75. The number of esters is 1. The topological polar surface area (TPSA) is 60.7 Å². The van der Waals surface area contributed by atoms with Gasteiger partial charge in [-0.15, -0.1) is 0 Å². The minimum atomic E-state index is -4.41. The van der Waals surface area contributed by atoms with Crippen molar-refractivity contribution < 1.29 is 32.0 Å². The predicted molar refractivity (Wildman–Crippen MR) is 53.6 cm³/mol. The van der Waals surface area contributed by atoms with Crippen LogP contribution in [0.4, 0.5) is 13.2 Å². The first-order valence-electron chi connectivity index (χ1n) is 4.95. The van der Waals surface area contributed by atoms with E-state index in [0.717, 1.165) is 0 Å². The Morgan fingerprint density at radius 2 is 2.17 bits per heavy atom. The predicted octanol–water partition coefficient (Wildman–Crippen LogP) is 2.21. The normalized spacial score (nSPS) is 13.4. The summed E-state index contributed by atoms with van der Waals surface area (Å²) in [5.74, 6) is -0.431. The number of ether oxygens (including phenoxy) is 1. The molecule has 1 atom stereocenters. The lowest BCUT2D eigenvalue weighted by molar-refractivity contribution is -0.193. The summed E-state index contributed by atoms with van der Waals surface area (Å²) in [5.41, 5.74) is 2.16. The van der Waals surface area contributed by atoms with Gasteiger partial charge in [-0.2, -0.15) is 18.7 Å². The molecule has 0 fully saturated rings. The van der Waals surface area contributed by atoms with Gasteiger partial charge in [0.25, 0.3) is 0 Å². The van der Waals surface area contributed by atoms with Crippen molar-refractivity contribution in [1.82, 2.24) is 5.48 Å². The van der Waals surface area contributed by atoms with Crippen molar-refractivity contribution >= 4 is 5.97 Å². The Morgan fingerprint density at radius 1 is 1.50 bits per heavy atom. The lowest BCUT2D eigenvalue weighted by Gasteiger charge is -2.12. The summed E-state index contributed by atoms with van der Waals surface area (Å²) in [6.45, 7) is 0.109. The van der Waals surface area contributed by atoms with Gasteiger partial charge in [-0.1, -0.05) is 0 Å². The second kappa shape index (κ2) is 5.87. The van der Waals surface area contributed by atoms with Gasteiger partial charge < -0.3 is 9.15 Å². The maximum atomic E-state index is 11.8. The second-order valence-corrected chi connectivity index (χ2v) is 3.44. The highest BCUT2D eigenvalue weighted by Gasteiger charge is 2.28. The van der Waals surface area contributed by atoms with Crippen LogP contribution in [0.25, 0.3) is 0 Å². The van der Waals surface area contributed by atoms with Crippen LogP contribution in [0.5, 0.6) is 0 Å². The Hall–Kier alpha value is -1.54. The van der Waals surface area contributed by atoms with Gasteiger partial charge in [-0.3, -0.25) is 4.84 Å². The highest BCUT2D eigenvalue weighted by atomic mass is 19.4. The molecule has 102 valence electrons. The molecule has 0 saturated heterocycles. The number of hydrogen-bond donors (Lipinski definition) is 1. The first-order valence-corrected chi connectivity index (χ1v) is 4.95. The van der Waals surface area contributed by atoms with Crippen molar-refractivity contribution in [3.05, 3.63) is 23.7 Å². The highest BCUT2D eigenvalue weighted by Crippen LogP contribution is 2.18. The summed E-state index contributed by atoms with van der Waals surface area (Å²) >= 11 is 0. The number of alkyl halides is 3. The molecular formula is C10H12F3NO4. The molecular weight excluding hydrogens is 255 g/mol. The molecule has 1 unspecified atom stereocenters. The third-order valence-corrected chi connectivity index (χ3v) is 1.94. The summed E-state index contributed by atoms with van der Waals surface area (Å²) in [6.07, 6.45) is -4.41. The Labute approximate surface area is 101 Å². The van der Waals surface area contributed by atoms with Gasteiger partial charge >= 0.3 is 12.1 Å². The molecule has 0 amide bonds. The van der Waals surface area contributed by atoms with Crippen molar-refractivity contribution in [1.29, 1.82) is 0 Å². The van der Waals surface area contributed by atoms with Gasteiger partial charge in [-0.25, -0.2) is 4.79 Å². The fraction of sp³-hybridized carbons (Fsp3) is 0.500. The van der Waals surface area contributed by atoms with E-state index in [9.17, 15) is 18.0 Å². The minimum Gasteiger partial charge on any atom is -0.463 e. The molecule has 0 saturated carbocycles. The van der Waals surface area contributed by atoms with Crippen molar-refractivity contribution in [2.75, 3.05) is 13.7 Å². The van der Waals surface area contributed by atoms with Crippen LogP contribution < -0.4 is 5.48 Å². The molecule has 0 aliphatic heterocycles. The first kappa shape index (κ1) is 14.5. The molecule has 0 spiro atoms. The summed E-state index contributed by atoms with van der Waals surface area (Å²) in [6, 6.07) is 2.18. The van der Waals surface area contributed by atoms with Crippen LogP contribution in [0.2, 0.25) is 0 Å². The number of rotatable bonds is 5. The summed E-state index contributed by atoms with van der Waals surface area (Å²) in [5, 5.41) is 0. The average molecular weight is 267 g/mol. The van der Waals surface area contributed by atoms with Crippen LogP contribution in [0.15, 0.2) is 16.5 Å². The van der Waals surface area contributed by atoms with Gasteiger partial charge in [0.15, 0.2) is 6.61 Å². The SMILES string of the molecule is COC(=O)c1ccc(C(C)NOCC(F)(F)F)o1. The molecule has 1 heterocycles. The third kappa shape index (κ3) is 4.38. The van der Waals surface area contributed by atoms with E-state index in [-0.39, 0.29) is 11.5 Å². The van der Waals surface area contributed by atoms with E-state index in [4.69, 9.17) is 4.42 Å². The molecule has 5 nitrogen and oxygen atoms in total. The molecule has 0 aliphatic rings. The molecule has 18 heavy (non-hydrogen) atoms. The van der Waals surface area contributed by atoms with E-state index in [0.29, 0.717) is 0 Å². The molecule has 1 rings (SSSR count). The van der Waals surface area contributed by atoms with E-state index in [1.54, 1.807) is 0 Å². The van der Waals surface area contributed by atoms with Gasteiger partial charge in [0.2, 0.25) is 5.76 Å². The smallest absolute Gasteiger partial charge is 0.413 e. The highest BCUT2D eigenvalue weighted by molar-refractivity contribution is 5.86. The maximum absolute atomic E-state index is 11.8. The number of furan rings is 1. The van der Waals surface area contributed by atoms with E-state index in [2.05, 4.69) is 15.1 Å². The Bertz CT molecular complexity index is 402. The molecule has 0 aliphatic carbocycles. The largest absolute Gasteiger partial charge is 0.463 e. The van der Waals surface area contributed by atoms with Crippen LogP contribution in [-0.4, -0.2) is 25.9 Å². The number of carbonyl (C=O) groups excluding carboxylic acids is 1. The molecule has 1 aromatic heterocycles. The Kier molecular flexibility index (Phi) is 4.74. The van der Waals surface area contributed by atoms with Crippen molar-refractivity contribution in [2.24, 2.45) is 0 Å². The fourth-order valence-corrected chi connectivity index (χ4v) is 1.10. The fourth-order valence-electron chi connectivity index (χ4n) is 1.10. The summed E-state index contributed by atoms with van der Waals surface area (Å²) in [7, 11) is 1.19. The molecule has 0 aromatic carbocycles. The van der Waals surface area contributed by atoms with Crippen molar-refractivity contribution in [3.63, 3.8) is 0 Å². The van der Waals surface area contributed by atoms with E-state index >= 15 is 0 Å². The second-order valence-electron chi connectivity index (χ2n) is 3.44. The third-order valence-electron chi connectivity index (χ3n) is 1.94. The molecule has 1 aromatic rings. The van der Waals surface area contributed by atoms with Crippen molar-refractivity contribution in [2.45, 2.75) is 19.1 Å². The lowest BCUT2D eigenvalue weighted by Crippen LogP contribution is -2.26. The summed E-state index contributed by atoms with van der Waals surface area (Å²) in [4.78, 5) is 15.3. The van der Waals surface area contributed by atoms with Crippen LogP contribution >= 0.6 is 0 Å². The van der Waals surface area contributed by atoms with Gasteiger partial charge in [0.1, 0.15) is 5.76 Å². The van der Waals surface area contributed by atoms with Gasteiger partial charge in [0.05, 0.1) is 13.2 Å². The van der Waals surface area contributed by atoms with E-state index in [1.165, 1.54) is 26.2 Å². The quantitative estimate of drug-likeness (QED) is 0.654. The zero-order valence-electron chi connectivity index (χ0n) is 9.71. The number of halogens is 3. The Balaban J connectivity index is 2.49. The molecule has 0 radical (unpaired) electrons. The molecule has 8 heteroatoms. The van der Waals surface area contributed by atoms with Crippen LogP contribution in [0.3, 0.4) is 0 Å². The van der Waals surface area contributed by atoms with Gasteiger partial charge in [-0.05, 0) is 19.1 Å². The monoisotopic (exact) mass is 267 g/mol. The molecule has 1 N–H and O–H groups in total. The number of carbonyl (C=O) groups is 1. The summed E-state index contributed by atoms with van der Waals surface area (Å²) < 4.78 is 44.9. The molecule has 0 bridgehead atoms. The van der Waals surface area contributed by atoms with Gasteiger partial charge in [0, 0.05) is 0 Å². The number of hydrogen-bond acceptors (Lipinski definition) is 5. The lowest BCUT2D eigenvalue weighted by atomic mass is 10.3. The van der Waals surface area contributed by atoms with Crippen LogP contribution in [-0.2, 0) is 9.57 Å². The first-order chi connectivity index (χ1) is 8.33. The Morgan fingerprint density at radius 3 is 2.72 bits per heavy atom. The standard InChI is InChI=1S/C10H12F3NO4/c1-6(14-17-5-10(11,12)13)7-3-4-8(18-7)9(15)16-2/h3-4,6,14H,5H2,1-2H3. The van der Waals surface area contributed by atoms with Crippen LogP contribution in [0.1, 0.15) is 29.3 Å². The number of hydroxylamine groups is 1. The van der Waals surface area contributed by atoms with Crippen molar-refractivity contribution in [3.8, 4) is 0 Å². The minimum absolute atomic E-state index is 0.0306. The zero-order chi connectivity index (χ0) is 13.8. The number of methoxy groups -OCH3 is 1. The van der Waals surface area contributed by atoms with E-state index < -0.39 is 24.8 Å². The van der Waals surface area contributed by atoms with Crippen LogP contribution in [0, 0.1) is 0 Å².